The standard InChI is InChI=1S/C2HF3O2.C2H3NO3/c3-2(4,5)1(6)7;1-2(4)6-3-5/h(H,6,7);1H3. The number of carbonyl (C=O) groups excluding carboxylic acids is 1. The quantitative estimate of drug-likeness (QED) is 0.503. The molecule has 0 aliphatic rings. The molecule has 1 N–H and O–H groups in total. The summed E-state index contributed by atoms with van der Waals surface area (Å²) in [7, 11) is 0. The lowest BCUT2D eigenvalue weighted by molar-refractivity contribution is -0.192. The van der Waals surface area contributed by atoms with Crippen molar-refractivity contribution in [2.24, 2.45) is 5.34 Å². The fourth-order valence-corrected chi connectivity index (χ4v) is 0.0525. The number of halogens is 3. The van der Waals surface area contributed by atoms with Crippen molar-refractivity contribution < 1.29 is 32.7 Å². The van der Waals surface area contributed by atoms with Gasteiger partial charge in [0.05, 0.1) is 0 Å². The number of carbonyl (C=O) groups is 2. The number of alkyl halides is 3. The molecule has 0 fully saturated rings. The van der Waals surface area contributed by atoms with Crippen LogP contribution in [0.2, 0.25) is 0 Å². The molecular weight excluding hydrogens is 199 g/mol. The molecular formula is C4H4F3NO5. The van der Waals surface area contributed by atoms with Gasteiger partial charge in [0.1, 0.15) is 0 Å². The van der Waals surface area contributed by atoms with Crippen LogP contribution in [0.3, 0.4) is 0 Å². The topological polar surface area (TPSA) is 93.0 Å². The van der Waals surface area contributed by atoms with Gasteiger partial charge in [-0.1, -0.05) is 0 Å². The molecule has 0 saturated carbocycles. The predicted molar refractivity (Wildman–Crippen MR) is 31.3 cm³/mol. The van der Waals surface area contributed by atoms with E-state index >= 15 is 0 Å². The lowest BCUT2D eigenvalue weighted by atomic mass is 10.7. The van der Waals surface area contributed by atoms with Crippen molar-refractivity contribution in [3.8, 4) is 0 Å². The minimum Gasteiger partial charge on any atom is -0.475 e. The predicted octanol–water partition coefficient (Wildman–Crippen LogP) is 0.864. The van der Waals surface area contributed by atoms with Crippen LogP contribution in [-0.2, 0) is 14.4 Å². The molecule has 0 radical (unpaired) electrons. The molecule has 0 saturated heterocycles. The molecule has 0 aliphatic carbocycles. The zero-order chi connectivity index (χ0) is 11.1. The van der Waals surface area contributed by atoms with Crippen LogP contribution in [0, 0.1) is 4.91 Å². The molecule has 0 atom stereocenters. The van der Waals surface area contributed by atoms with E-state index in [2.05, 4.69) is 4.84 Å². The Bertz CT molecular complexity index is 200. The van der Waals surface area contributed by atoms with E-state index in [4.69, 9.17) is 14.8 Å². The van der Waals surface area contributed by atoms with E-state index in [0.29, 0.717) is 0 Å². The van der Waals surface area contributed by atoms with Gasteiger partial charge in [-0.15, -0.1) is 4.91 Å². The lowest BCUT2D eigenvalue weighted by Gasteiger charge is -1.93. The minimum absolute atomic E-state index is 0.690. The van der Waals surface area contributed by atoms with Gasteiger partial charge in [-0.3, -0.25) is 4.84 Å². The van der Waals surface area contributed by atoms with E-state index in [1.807, 2.05) is 5.34 Å². The number of carboxylic acids is 1. The maximum Gasteiger partial charge on any atom is 0.490 e. The Morgan fingerprint density at radius 3 is 1.69 bits per heavy atom. The fraction of sp³-hybridized carbons (Fsp3) is 0.500. The molecule has 6 nitrogen and oxygen atoms in total. The number of carboxylic acid groups (broad SMARTS) is 1. The first-order valence-corrected chi connectivity index (χ1v) is 2.52. The van der Waals surface area contributed by atoms with Crippen LogP contribution in [0.4, 0.5) is 13.2 Å². The highest BCUT2D eigenvalue weighted by molar-refractivity contribution is 5.73. The number of aliphatic carboxylic acids is 1. The third kappa shape index (κ3) is 13.3. The average Bonchev–Trinajstić information content (AvgIpc) is 1.85. The molecule has 0 amide bonds. The first-order chi connectivity index (χ1) is 5.71. The van der Waals surface area contributed by atoms with E-state index in [1.165, 1.54) is 0 Å². The zero-order valence-corrected chi connectivity index (χ0v) is 6.16. The highest BCUT2D eigenvalue weighted by Gasteiger charge is 2.38. The van der Waals surface area contributed by atoms with Crippen LogP contribution in [0.1, 0.15) is 6.92 Å². The van der Waals surface area contributed by atoms with Crippen molar-refractivity contribution in [1.29, 1.82) is 0 Å². The molecule has 0 aromatic rings. The van der Waals surface area contributed by atoms with Crippen molar-refractivity contribution in [3.05, 3.63) is 4.91 Å². The van der Waals surface area contributed by atoms with Gasteiger partial charge in [0, 0.05) is 6.92 Å². The number of hydrogen-bond donors (Lipinski definition) is 1. The molecule has 0 aromatic carbocycles. The molecule has 76 valence electrons. The first-order valence-electron chi connectivity index (χ1n) is 2.52. The van der Waals surface area contributed by atoms with Crippen LogP contribution in [0.5, 0.6) is 0 Å². The van der Waals surface area contributed by atoms with Gasteiger partial charge in [0.25, 0.3) is 0 Å². The number of hydrogen-bond acceptors (Lipinski definition) is 5. The zero-order valence-electron chi connectivity index (χ0n) is 6.16. The molecule has 0 rings (SSSR count). The fourth-order valence-electron chi connectivity index (χ4n) is 0.0525. The summed E-state index contributed by atoms with van der Waals surface area (Å²) in [5, 5.41) is 8.96. The Morgan fingerprint density at radius 2 is 1.69 bits per heavy atom. The summed E-state index contributed by atoms with van der Waals surface area (Å²) in [6.07, 6.45) is -5.08. The monoisotopic (exact) mass is 203 g/mol. The van der Waals surface area contributed by atoms with Gasteiger partial charge in [-0.2, -0.15) is 13.2 Å². The largest absolute Gasteiger partial charge is 0.490 e. The van der Waals surface area contributed by atoms with E-state index in [1.54, 1.807) is 0 Å². The van der Waals surface area contributed by atoms with Crippen molar-refractivity contribution in [1.82, 2.24) is 0 Å². The maximum atomic E-state index is 10.6. The molecule has 0 heterocycles. The molecule has 0 bridgehead atoms. The minimum atomic E-state index is -5.08. The summed E-state index contributed by atoms with van der Waals surface area (Å²) in [5.41, 5.74) is 0. The van der Waals surface area contributed by atoms with Crippen molar-refractivity contribution in [2.75, 3.05) is 0 Å². The summed E-state index contributed by atoms with van der Waals surface area (Å²) in [4.78, 5) is 30.8. The summed E-state index contributed by atoms with van der Waals surface area (Å²) in [5.74, 6) is -3.45. The van der Waals surface area contributed by atoms with Crippen LogP contribution in [-0.4, -0.2) is 23.2 Å². The Morgan fingerprint density at radius 1 is 1.38 bits per heavy atom. The average molecular weight is 203 g/mol. The van der Waals surface area contributed by atoms with E-state index in [9.17, 15) is 18.0 Å². The van der Waals surface area contributed by atoms with Crippen LogP contribution >= 0.6 is 0 Å². The van der Waals surface area contributed by atoms with Crippen molar-refractivity contribution >= 4 is 11.9 Å². The summed E-state index contributed by atoms with van der Waals surface area (Å²) < 4.78 is 31.7. The second-order valence-electron chi connectivity index (χ2n) is 1.46. The van der Waals surface area contributed by atoms with Gasteiger partial charge >= 0.3 is 18.1 Å². The highest BCUT2D eigenvalue weighted by atomic mass is 19.4. The van der Waals surface area contributed by atoms with E-state index in [0.717, 1.165) is 6.92 Å². The highest BCUT2D eigenvalue weighted by Crippen LogP contribution is 2.13. The van der Waals surface area contributed by atoms with E-state index in [-0.39, 0.29) is 0 Å². The third-order valence-electron chi connectivity index (χ3n) is 0.408. The Kier molecular flexibility index (Phi) is 6.32. The van der Waals surface area contributed by atoms with Crippen LogP contribution in [0.15, 0.2) is 5.34 Å². The Labute approximate surface area is 69.2 Å². The summed E-state index contributed by atoms with van der Waals surface area (Å²) in [6.45, 7) is 1.10. The van der Waals surface area contributed by atoms with Gasteiger partial charge in [0.2, 0.25) is 0 Å². The van der Waals surface area contributed by atoms with Gasteiger partial charge < -0.3 is 5.11 Å². The molecule has 9 heteroatoms. The van der Waals surface area contributed by atoms with Crippen LogP contribution in [0.25, 0.3) is 0 Å². The maximum absolute atomic E-state index is 10.6. The van der Waals surface area contributed by atoms with Gasteiger partial charge in [-0.05, 0) is 0 Å². The normalized spacial score (nSPS) is 9.23. The van der Waals surface area contributed by atoms with Gasteiger partial charge in [-0.25, -0.2) is 9.59 Å². The Hall–Kier alpha value is -1.67. The molecule has 0 spiro atoms. The Balaban J connectivity index is 0. The number of rotatable bonds is 1. The summed E-state index contributed by atoms with van der Waals surface area (Å²) in [6, 6.07) is 0. The van der Waals surface area contributed by atoms with Crippen molar-refractivity contribution in [2.45, 2.75) is 13.1 Å². The molecule has 0 aromatic heterocycles. The summed E-state index contributed by atoms with van der Waals surface area (Å²) >= 11 is 0. The smallest absolute Gasteiger partial charge is 0.475 e. The lowest BCUT2D eigenvalue weighted by Crippen LogP contribution is -2.21. The van der Waals surface area contributed by atoms with Crippen molar-refractivity contribution in [3.63, 3.8) is 0 Å². The van der Waals surface area contributed by atoms with Crippen LogP contribution < -0.4 is 0 Å². The molecule has 0 aliphatic heterocycles. The van der Waals surface area contributed by atoms with Gasteiger partial charge in [0.15, 0.2) is 5.34 Å². The SMILES string of the molecule is CC(=O)ON=O.O=C(O)C(F)(F)F. The number of nitrogens with zero attached hydrogens (tertiary/aromatic N) is 1. The third-order valence-corrected chi connectivity index (χ3v) is 0.408. The second-order valence-corrected chi connectivity index (χ2v) is 1.46. The first kappa shape index (κ1) is 13.9. The molecule has 0 unspecified atom stereocenters. The van der Waals surface area contributed by atoms with E-state index < -0.39 is 18.1 Å². The second kappa shape index (κ2) is 5.91. The molecule has 13 heavy (non-hydrogen) atoms.